The van der Waals surface area contributed by atoms with Gasteiger partial charge < -0.3 is 11.1 Å². The molecule has 3 N–H and O–H groups in total. The number of hydrogen-bond donors (Lipinski definition) is 2. The number of nitrogen functional groups attached to an aromatic ring is 1. The van der Waals surface area contributed by atoms with Gasteiger partial charge in [0.15, 0.2) is 0 Å². The molecule has 2 rings (SSSR count). The summed E-state index contributed by atoms with van der Waals surface area (Å²) in [6, 6.07) is 10.5. The van der Waals surface area contributed by atoms with Crippen molar-refractivity contribution in [1.29, 1.82) is 0 Å². The van der Waals surface area contributed by atoms with Crippen LogP contribution in [0.25, 0.3) is 0 Å². The molecule has 4 nitrogen and oxygen atoms in total. The van der Waals surface area contributed by atoms with E-state index in [1.54, 1.807) is 6.20 Å². The first-order chi connectivity index (χ1) is 9.46. The average molecular weight is 270 g/mol. The summed E-state index contributed by atoms with van der Waals surface area (Å²) >= 11 is 0. The van der Waals surface area contributed by atoms with Gasteiger partial charge in [0, 0.05) is 17.3 Å². The predicted molar refractivity (Wildman–Crippen MR) is 83.6 cm³/mol. The quantitative estimate of drug-likeness (QED) is 0.875. The molecule has 0 saturated carbocycles. The minimum Gasteiger partial charge on any atom is -0.368 e. The Bertz CT molecular complexity index is 564. The Balaban J connectivity index is 2.01. The molecule has 0 amide bonds. The second-order valence-electron chi connectivity index (χ2n) is 5.75. The normalized spacial score (nSPS) is 11.3. The van der Waals surface area contributed by atoms with Gasteiger partial charge in [-0.2, -0.15) is 4.98 Å². The van der Waals surface area contributed by atoms with Crippen LogP contribution < -0.4 is 11.1 Å². The molecule has 1 aromatic carbocycles. The zero-order valence-electron chi connectivity index (χ0n) is 12.4. The molecule has 0 aliphatic rings. The van der Waals surface area contributed by atoms with E-state index in [1.165, 1.54) is 5.56 Å². The molecule has 0 aliphatic carbocycles. The summed E-state index contributed by atoms with van der Waals surface area (Å²) in [6.07, 6.45) is 3.79. The van der Waals surface area contributed by atoms with Gasteiger partial charge in [0.1, 0.15) is 5.82 Å². The van der Waals surface area contributed by atoms with Crippen molar-refractivity contribution in [3.05, 3.63) is 47.7 Å². The first-order valence-electron chi connectivity index (χ1n) is 6.87. The van der Waals surface area contributed by atoms with E-state index in [0.717, 1.165) is 24.2 Å². The average Bonchev–Trinajstić information content (AvgIpc) is 2.42. The van der Waals surface area contributed by atoms with Crippen LogP contribution in [0.15, 0.2) is 36.5 Å². The number of rotatable bonds is 5. The fraction of sp³-hybridized carbons (Fsp3) is 0.375. The van der Waals surface area contributed by atoms with E-state index in [-0.39, 0.29) is 5.54 Å². The maximum atomic E-state index is 5.65. The van der Waals surface area contributed by atoms with Gasteiger partial charge in [0.05, 0.1) is 0 Å². The van der Waals surface area contributed by atoms with E-state index in [4.69, 9.17) is 5.73 Å². The lowest BCUT2D eigenvalue weighted by Crippen LogP contribution is -2.32. The summed E-state index contributed by atoms with van der Waals surface area (Å²) in [5.41, 5.74) is 7.95. The molecule has 20 heavy (non-hydrogen) atoms. The van der Waals surface area contributed by atoms with E-state index >= 15 is 0 Å². The van der Waals surface area contributed by atoms with Crippen LogP contribution in [0.1, 0.15) is 31.4 Å². The topological polar surface area (TPSA) is 63.8 Å². The van der Waals surface area contributed by atoms with E-state index in [2.05, 4.69) is 53.4 Å². The van der Waals surface area contributed by atoms with Crippen molar-refractivity contribution >= 4 is 11.8 Å². The maximum Gasteiger partial charge on any atom is 0.221 e. The van der Waals surface area contributed by atoms with Crippen LogP contribution in [-0.4, -0.2) is 15.5 Å². The Labute approximate surface area is 120 Å². The zero-order chi connectivity index (χ0) is 14.6. The fourth-order valence-corrected chi connectivity index (χ4v) is 2.07. The number of nitrogens with two attached hydrogens (primary N) is 1. The highest BCUT2D eigenvalue weighted by Crippen LogP contribution is 2.21. The van der Waals surface area contributed by atoms with Crippen LogP contribution in [0.5, 0.6) is 0 Å². The van der Waals surface area contributed by atoms with Gasteiger partial charge in [0.2, 0.25) is 5.95 Å². The molecule has 1 heterocycles. The predicted octanol–water partition coefficient (Wildman–Crippen LogP) is 3.19. The Hall–Kier alpha value is -2.10. The van der Waals surface area contributed by atoms with Crippen LogP contribution in [0.3, 0.4) is 0 Å². The minimum atomic E-state index is -0.0542. The molecule has 4 heteroatoms. The third kappa shape index (κ3) is 3.95. The number of benzene rings is 1. The number of aromatic nitrogens is 2. The molecule has 0 bridgehead atoms. The van der Waals surface area contributed by atoms with Gasteiger partial charge >= 0.3 is 0 Å². The lowest BCUT2D eigenvalue weighted by atomic mass is 9.95. The first-order valence-corrected chi connectivity index (χ1v) is 6.87. The fourth-order valence-electron chi connectivity index (χ4n) is 2.07. The van der Waals surface area contributed by atoms with E-state index in [9.17, 15) is 0 Å². The maximum absolute atomic E-state index is 5.65. The third-order valence-corrected chi connectivity index (χ3v) is 3.33. The summed E-state index contributed by atoms with van der Waals surface area (Å²) < 4.78 is 0. The molecule has 0 atom stereocenters. The Morgan fingerprint density at radius 1 is 1.20 bits per heavy atom. The van der Waals surface area contributed by atoms with E-state index in [0.29, 0.717) is 5.95 Å². The van der Waals surface area contributed by atoms with Crippen molar-refractivity contribution in [2.24, 2.45) is 0 Å². The Morgan fingerprint density at radius 3 is 2.60 bits per heavy atom. The van der Waals surface area contributed by atoms with Gasteiger partial charge in [0.25, 0.3) is 0 Å². The molecule has 1 aromatic heterocycles. The number of aryl methyl sites for hydroxylation is 2. The van der Waals surface area contributed by atoms with Crippen molar-refractivity contribution in [3.8, 4) is 0 Å². The van der Waals surface area contributed by atoms with Gasteiger partial charge in [-0.15, -0.1) is 0 Å². The lowest BCUT2D eigenvalue weighted by molar-refractivity contribution is 0.516. The molecule has 0 saturated heterocycles. The molecule has 0 spiro atoms. The van der Waals surface area contributed by atoms with Crippen LogP contribution in [0.2, 0.25) is 0 Å². The van der Waals surface area contributed by atoms with Crippen LogP contribution in [-0.2, 0) is 6.42 Å². The van der Waals surface area contributed by atoms with Gasteiger partial charge in [-0.1, -0.05) is 30.3 Å². The molecule has 0 unspecified atom stereocenters. The second-order valence-corrected chi connectivity index (χ2v) is 5.75. The van der Waals surface area contributed by atoms with Crippen LogP contribution in [0.4, 0.5) is 11.8 Å². The highest BCUT2D eigenvalue weighted by Gasteiger charge is 2.19. The largest absolute Gasteiger partial charge is 0.368 e. The number of nitrogens with one attached hydrogen (secondary N) is 1. The smallest absolute Gasteiger partial charge is 0.221 e. The molecular formula is C16H22N4. The van der Waals surface area contributed by atoms with Gasteiger partial charge in [-0.05, 0) is 39.2 Å². The summed E-state index contributed by atoms with van der Waals surface area (Å²) in [5, 5.41) is 3.47. The second kappa shape index (κ2) is 5.90. The minimum absolute atomic E-state index is 0.0542. The van der Waals surface area contributed by atoms with Crippen molar-refractivity contribution in [3.63, 3.8) is 0 Å². The highest BCUT2D eigenvalue weighted by molar-refractivity contribution is 5.46. The van der Waals surface area contributed by atoms with Gasteiger partial charge in [-0.25, -0.2) is 4.98 Å². The van der Waals surface area contributed by atoms with Crippen molar-refractivity contribution in [1.82, 2.24) is 9.97 Å². The molecular weight excluding hydrogens is 248 g/mol. The van der Waals surface area contributed by atoms with Crippen molar-refractivity contribution in [2.45, 2.75) is 39.2 Å². The zero-order valence-corrected chi connectivity index (χ0v) is 12.4. The summed E-state index contributed by atoms with van der Waals surface area (Å²) in [4.78, 5) is 8.26. The van der Waals surface area contributed by atoms with E-state index < -0.39 is 0 Å². The molecule has 0 aliphatic heterocycles. The summed E-state index contributed by atoms with van der Waals surface area (Å²) in [6.45, 7) is 6.33. The summed E-state index contributed by atoms with van der Waals surface area (Å²) in [5.74, 6) is 1.12. The summed E-state index contributed by atoms with van der Waals surface area (Å²) in [7, 11) is 0. The first kappa shape index (κ1) is 14.3. The highest BCUT2D eigenvalue weighted by atomic mass is 15.1. The molecule has 2 aromatic rings. The monoisotopic (exact) mass is 270 g/mol. The Kier molecular flexibility index (Phi) is 4.23. The van der Waals surface area contributed by atoms with Crippen LogP contribution in [0, 0.1) is 6.92 Å². The number of hydrogen-bond acceptors (Lipinski definition) is 4. The Morgan fingerprint density at radius 2 is 1.90 bits per heavy atom. The van der Waals surface area contributed by atoms with Gasteiger partial charge in [-0.3, -0.25) is 0 Å². The number of anilines is 2. The lowest BCUT2D eigenvalue weighted by Gasteiger charge is -2.27. The standard InChI is InChI=1S/C16H22N4/c1-12-11-18-15(17)19-14(12)20-16(2,3)10-9-13-7-5-4-6-8-13/h4-8,11H,9-10H2,1-3H3,(H3,17,18,19,20). The molecule has 106 valence electrons. The van der Waals surface area contributed by atoms with Crippen LogP contribution >= 0.6 is 0 Å². The number of nitrogens with zero attached hydrogens (tertiary/aromatic N) is 2. The third-order valence-electron chi connectivity index (χ3n) is 3.33. The SMILES string of the molecule is Cc1cnc(N)nc1NC(C)(C)CCc1ccccc1. The molecule has 0 radical (unpaired) electrons. The van der Waals surface area contributed by atoms with E-state index in [1.807, 2.05) is 13.0 Å². The van der Waals surface area contributed by atoms with Crippen molar-refractivity contribution in [2.75, 3.05) is 11.1 Å². The van der Waals surface area contributed by atoms with Crippen molar-refractivity contribution < 1.29 is 0 Å². The molecule has 0 fully saturated rings.